The average Bonchev–Trinajstić information content (AvgIpc) is 2.87. The Morgan fingerprint density at radius 2 is 1.95 bits per heavy atom. The molecule has 0 bridgehead atoms. The van der Waals surface area contributed by atoms with Crippen LogP contribution in [0.15, 0.2) is 30.3 Å². The molecule has 1 heterocycles. The largest absolute Gasteiger partial charge is 0.480 e. The third-order valence-electron chi connectivity index (χ3n) is 3.42. The first kappa shape index (κ1) is 17.1. The Morgan fingerprint density at radius 1 is 1.33 bits per heavy atom. The second-order valence-corrected chi connectivity index (χ2v) is 5.11. The molecule has 6 nitrogen and oxygen atoms in total. The number of likely N-dealkylation sites (tertiary alicyclic amines) is 1. The summed E-state index contributed by atoms with van der Waals surface area (Å²) in [5, 5.41) is 17.1. The first-order valence-electron chi connectivity index (χ1n) is 6.87. The van der Waals surface area contributed by atoms with Crippen molar-refractivity contribution in [3.05, 3.63) is 35.9 Å². The Bertz CT molecular complexity index is 464. The van der Waals surface area contributed by atoms with E-state index in [1.165, 1.54) is 0 Å². The van der Waals surface area contributed by atoms with Gasteiger partial charge in [-0.2, -0.15) is 0 Å². The molecule has 1 aliphatic heterocycles. The molecule has 1 aromatic rings. The van der Waals surface area contributed by atoms with Crippen molar-refractivity contribution in [1.29, 1.82) is 0 Å². The number of benzene rings is 1. The minimum atomic E-state index is -0.959. The van der Waals surface area contributed by atoms with E-state index in [1.807, 2.05) is 42.3 Å². The lowest BCUT2D eigenvalue weighted by atomic mass is 10.1. The molecule has 0 saturated carbocycles. The number of carboxylic acids is 2. The van der Waals surface area contributed by atoms with Crippen LogP contribution in [0, 0.1) is 0 Å². The maximum Gasteiger partial charge on any atom is 0.320 e. The van der Waals surface area contributed by atoms with Gasteiger partial charge in [0, 0.05) is 0 Å². The molecule has 0 aliphatic carbocycles. The van der Waals surface area contributed by atoms with E-state index in [0.717, 1.165) is 24.9 Å². The molecule has 1 fully saturated rings. The van der Waals surface area contributed by atoms with Gasteiger partial charge >= 0.3 is 11.9 Å². The van der Waals surface area contributed by atoms with Crippen molar-refractivity contribution in [1.82, 2.24) is 4.90 Å². The fraction of sp³-hybridized carbons (Fsp3) is 0.467. The van der Waals surface area contributed by atoms with Gasteiger partial charge in [0.25, 0.3) is 0 Å². The first-order chi connectivity index (χ1) is 9.91. The predicted molar refractivity (Wildman–Crippen MR) is 79.0 cm³/mol. The Morgan fingerprint density at radius 3 is 2.33 bits per heavy atom. The molecule has 2 atom stereocenters. The highest BCUT2D eigenvalue weighted by Crippen LogP contribution is 2.13. The average molecular weight is 294 g/mol. The number of rotatable bonds is 4. The van der Waals surface area contributed by atoms with Crippen LogP contribution in [-0.2, 0) is 16.0 Å². The van der Waals surface area contributed by atoms with Crippen molar-refractivity contribution >= 4 is 11.9 Å². The van der Waals surface area contributed by atoms with Crippen molar-refractivity contribution in [2.75, 3.05) is 13.6 Å². The third kappa shape index (κ3) is 5.93. The summed E-state index contributed by atoms with van der Waals surface area (Å²) < 4.78 is 0. The number of likely N-dealkylation sites (N-methyl/N-ethyl adjacent to an activating group) is 1. The van der Waals surface area contributed by atoms with Crippen LogP contribution in [0.3, 0.4) is 0 Å². The minimum Gasteiger partial charge on any atom is -0.480 e. The van der Waals surface area contributed by atoms with Crippen LogP contribution in [0.5, 0.6) is 0 Å². The number of hydrogen-bond donors (Lipinski definition) is 3. The minimum absolute atomic E-state index is 0.218. The standard InChI is InChI=1S/C9H11NO2.C6H11NO2/c10-8(9(11)12)6-7-4-2-1-3-5-7;1-7-4-2-3-5(7)6(8)9/h1-5,8H,6,10H2,(H,11,12);5H,2-4H2,1H3,(H,8,9)/t8-;5-/m00/s1. The van der Waals surface area contributed by atoms with Crippen molar-refractivity contribution in [3.63, 3.8) is 0 Å². The second kappa shape index (κ2) is 8.39. The zero-order valence-corrected chi connectivity index (χ0v) is 12.1. The molecule has 0 radical (unpaired) electrons. The fourth-order valence-corrected chi connectivity index (χ4v) is 2.18. The van der Waals surface area contributed by atoms with Crippen molar-refractivity contribution in [2.24, 2.45) is 5.73 Å². The SMILES string of the molecule is CN1CCC[C@H]1C(=O)O.N[C@@H](Cc1ccccc1)C(=O)O. The predicted octanol–water partition coefficient (Wildman–Crippen LogP) is 0.806. The van der Waals surface area contributed by atoms with E-state index in [0.29, 0.717) is 6.42 Å². The number of nitrogens with zero attached hydrogens (tertiary/aromatic N) is 1. The van der Waals surface area contributed by atoms with Crippen molar-refractivity contribution in [3.8, 4) is 0 Å². The van der Waals surface area contributed by atoms with Crippen LogP contribution in [0.1, 0.15) is 18.4 Å². The number of hydrogen-bond acceptors (Lipinski definition) is 4. The molecule has 0 aromatic heterocycles. The third-order valence-corrected chi connectivity index (χ3v) is 3.42. The van der Waals surface area contributed by atoms with E-state index in [9.17, 15) is 9.59 Å². The van der Waals surface area contributed by atoms with Crippen molar-refractivity contribution in [2.45, 2.75) is 31.3 Å². The number of carbonyl (C=O) groups is 2. The van der Waals surface area contributed by atoms with Crippen LogP contribution in [0.25, 0.3) is 0 Å². The molecule has 116 valence electrons. The summed E-state index contributed by atoms with van der Waals surface area (Å²) in [7, 11) is 1.85. The lowest BCUT2D eigenvalue weighted by Crippen LogP contribution is -2.32. The van der Waals surface area contributed by atoms with Gasteiger partial charge in [0.2, 0.25) is 0 Å². The zero-order chi connectivity index (χ0) is 15.8. The molecule has 21 heavy (non-hydrogen) atoms. The van der Waals surface area contributed by atoms with E-state index < -0.39 is 18.0 Å². The smallest absolute Gasteiger partial charge is 0.320 e. The van der Waals surface area contributed by atoms with Gasteiger partial charge in [0.1, 0.15) is 12.1 Å². The number of carboxylic acid groups (broad SMARTS) is 2. The topological polar surface area (TPSA) is 104 Å². The Labute approximate surface area is 124 Å². The highest BCUT2D eigenvalue weighted by atomic mass is 16.4. The van der Waals surface area contributed by atoms with Crippen LogP contribution in [0.2, 0.25) is 0 Å². The van der Waals surface area contributed by atoms with E-state index in [1.54, 1.807) is 0 Å². The van der Waals surface area contributed by atoms with Crippen LogP contribution < -0.4 is 5.73 Å². The molecule has 6 heteroatoms. The molecule has 1 aliphatic rings. The molecular formula is C15H22N2O4. The maximum absolute atomic E-state index is 10.4. The quantitative estimate of drug-likeness (QED) is 0.759. The molecule has 0 spiro atoms. The van der Waals surface area contributed by atoms with Gasteiger partial charge in [-0.05, 0) is 38.4 Å². The van der Waals surface area contributed by atoms with Crippen LogP contribution >= 0.6 is 0 Å². The van der Waals surface area contributed by atoms with Crippen LogP contribution in [-0.4, -0.2) is 52.7 Å². The molecular weight excluding hydrogens is 272 g/mol. The van der Waals surface area contributed by atoms with Gasteiger partial charge < -0.3 is 15.9 Å². The van der Waals surface area contributed by atoms with Crippen molar-refractivity contribution < 1.29 is 19.8 Å². The van der Waals surface area contributed by atoms with Gasteiger partial charge in [-0.1, -0.05) is 30.3 Å². The van der Waals surface area contributed by atoms with E-state index >= 15 is 0 Å². The summed E-state index contributed by atoms with van der Waals surface area (Å²) in [4.78, 5) is 22.6. The highest BCUT2D eigenvalue weighted by molar-refractivity contribution is 5.74. The Balaban J connectivity index is 0.000000219. The monoisotopic (exact) mass is 294 g/mol. The molecule has 1 aromatic carbocycles. The summed E-state index contributed by atoms with van der Waals surface area (Å²) >= 11 is 0. The van der Waals surface area contributed by atoms with Gasteiger partial charge in [0.15, 0.2) is 0 Å². The Kier molecular flexibility index (Phi) is 6.84. The van der Waals surface area contributed by atoms with Gasteiger partial charge in [-0.3, -0.25) is 14.5 Å². The van der Waals surface area contributed by atoms with Crippen LogP contribution in [0.4, 0.5) is 0 Å². The normalized spacial score (nSPS) is 19.4. The molecule has 4 N–H and O–H groups in total. The van der Waals surface area contributed by atoms with Gasteiger partial charge in [0.05, 0.1) is 0 Å². The second-order valence-electron chi connectivity index (χ2n) is 5.11. The lowest BCUT2D eigenvalue weighted by molar-refractivity contribution is -0.141. The lowest BCUT2D eigenvalue weighted by Gasteiger charge is -2.13. The van der Waals surface area contributed by atoms with E-state index in [-0.39, 0.29) is 6.04 Å². The fourth-order valence-electron chi connectivity index (χ4n) is 2.18. The Hall–Kier alpha value is -1.92. The number of nitrogens with two attached hydrogens (primary N) is 1. The summed E-state index contributed by atoms with van der Waals surface area (Å²) in [5.41, 5.74) is 6.30. The van der Waals surface area contributed by atoms with E-state index in [2.05, 4.69) is 0 Å². The summed E-state index contributed by atoms with van der Waals surface area (Å²) in [5.74, 6) is -1.64. The first-order valence-corrected chi connectivity index (χ1v) is 6.87. The summed E-state index contributed by atoms with van der Waals surface area (Å²) in [6, 6.07) is 8.33. The molecule has 0 amide bonds. The molecule has 1 saturated heterocycles. The van der Waals surface area contributed by atoms with Gasteiger partial charge in [-0.25, -0.2) is 0 Å². The highest BCUT2D eigenvalue weighted by Gasteiger charge is 2.26. The van der Waals surface area contributed by atoms with E-state index in [4.69, 9.17) is 15.9 Å². The number of aliphatic carboxylic acids is 2. The molecule has 2 rings (SSSR count). The zero-order valence-electron chi connectivity index (χ0n) is 12.1. The summed E-state index contributed by atoms with van der Waals surface area (Å²) in [6.07, 6.45) is 2.22. The molecule has 0 unspecified atom stereocenters. The van der Waals surface area contributed by atoms with Gasteiger partial charge in [-0.15, -0.1) is 0 Å². The maximum atomic E-state index is 10.4. The summed E-state index contributed by atoms with van der Waals surface area (Å²) in [6.45, 7) is 0.928.